The van der Waals surface area contributed by atoms with Gasteiger partial charge in [0, 0.05) is 25.8 Å². The molecule has 8 heteroatoms. The quantitative estimate of drug-likeness (QED) is 0.922. The van der Waals surface area contributed by atoms with Gasteiger partial charge in [-0.15, -0.1) is 0 Å². The first-order valence-corrected chi connectivity index (χ1v) is 7.88. The topological polar surface area (TPSA) is 62.3 Å². The molecule has 1 aromatic heterocycles. The summed E-state index contributed by atoms with van der Waals surface area (Å²) in [4.78, 5) is 4.04. The normalized spacial score (nSPS) is 19.0. The molecule has 0 amide bonds. The zero-order valence-electron chi connectivity index (χ0n) is 9.57. The van der Waals surface area contributed by atoms with Gasteiger partial charge >= 0.3 is 0 Å². The van der Waals surface area contributed by atoms with Gasteiger partial charge in [-0.1, -0.05) is 23.2 Å². The van der Waals surface area contributed by atoms with Gasteiger partial charge in [0.05, 0.1) is 15.8 Å². The van der Waals surface area contributed by atoms with Crippen LogP contribution < -0.4 is 5.32 Å². The minimum Gasteiger partial charge on any atom is -0.368 e. The lowest BCUT2D eigenvalue weighted by Crippen LogP contribution is -2.30. The Morgan fingerprint density at radius 3 is 2.83 bits per heavy atom. The van der Waals surface area contributed by atoms with Crippen molar-refractivity contribution in [2.75, 3.05) is 30.7 Å². The number of halogens is 2. The molecule has 1 aromatic rings. The molecule has 1 fully saturated rings. The molecule has 0 spiro atoms. The first-order chi connectivity index (χ1) is 8.49. The fourth-order valence-corrected chi connectivity index (χ4v) is 3.76. The molecule has 0 saturated carbocycles. The zero-order valence-corrected chi connectivity index (χ0v) is 11.9. The summed E-state index contributed by atoms with van der Waals surface area (Å²) >= 11 is 11.7. The number of aromatic nitrogens is 1. The van der Waals surface area contributed by atoms with Crippen molar-refractivity contribution in [1.29, 1.82) is 0 Å². The van der Waals surface area contributed by atoms with Crippen LogP contribution in [0.3, 0.4) is 0 Å². The van der Waals surface area contributed by atoms with Crippen molar-refractivity contribution in [2.45, 2.75) is 6.42 Å². The second kappa shape index (κ2) is 5.61. The predicted octanol–water partition coefficient (Wildman–Crippen LogP) is 1.84. The number of pyridine rings is 1. The van der Waals surface area contributed by atoms with Crippen molar-refractivity contribution in [1.82, 2.24) is 9.29 Å². The molecule has 100 valence electrons. The molecule has 18 heavy (non-hydrogen) atoms. The van der Waals surface area contributed by atoms with E-state index in [1.54, 1.807) is 6.07 Å². The van der Waals surface area contributed by atoms with Crippen LogP contribution in [0, 0.1) is 0 Å². The zero-order chi connectivity index (χ0) is 13.2. The van der Waals surface area contributed by atoms with Gasteiger partial charge in [-0.25, -0.2) is 17.7 Å². The fourth-order valence-electron chi connectivity index (χ4n) is 1.79. The average Bonchev–Trinajstić information content (AvgIpc) is 2.61. The first-order valence-electron chi connectivity index (χ1n) is 5.52. The largest absolute Gasteiger partial charge is 0.368 e. The molecule has 0 radical (unpaired) electrons. The Morgan fingerprint density at radius 2 is 2.22 bits per heavy atom. The summed E-state index contributed by atoms with van der Waals surface area (Å²) in [5.41, 5.74) is 0. The molecule has 2 heterocycles. The summed E-state index contributed by atoms with van der Waals surface area (Å²) < 4.78 is 24.6. The monoisotopic (exact) mass is 309 g/mol. The van der Waals surface area contributed by atoms with E-state index in [4.69, 9.17) is 23.2 Å². The smallest absolute Gasteiger partial charge is 0.214 e. The van der Waals surface area contributed by atoms with Crippen molar-refractivity contribution in [3.8, 4) is 0 Å². The maximum atomic E-state index is 11.6. The lowest BCUT2D eigenvalue weighted by atomic mass is 10.4. The Morgan fingerprint density at radius 1 is 1.44 bits per heavy atom. The minimum atomic E-state index is -3.04. The van der Waals surface area contributed by atoms with Gasteiger partial charge in [-0.05, 0) is 12.5 Å². The van der Waals surface area contributed by atoms with Crippen molar-refractivity contribution in [2.24, 2.45) is 0 Å². The molecule has 1 aliphatic rings. The van der Waals surface area contributed by atoms with Gasteiger partial charge in [-0.3, -0.25) is 0 Å². The summed E-state index contributed by atoms with van der Waals surface area (Å²) in [7, 11) is -3.04. The maximum absolute atomic E-state index is 11.6. The molecular weight excluding hydrogens is 297 g/mol. The van der Waals surface area contributed by atoms with Crippen molar-refractivity contribution in [3.05, 3.63) is 22.3 Å². The Bertz CT molecular complexity index is 536. The Balaban J connectivity index is 1.89. The molecule has 0 bridgehead atoms. The van der Waals surface area contributed by atoms with E-state index in [-0.39, 0.29) is 5.75 Å². The number of sulfonamides is 1. The van der Waals surface area contributed by atoms with Crippen LogP contribution in [0.5, 0.6) is 0 Å². The SMILES string of the molecule is O=S1(=O)CCCN1CCNc1ncc(Cl)cc1Cl. The standard InChI is InChI=1S/C10H13Cl2N3O2S/c11-8-6-9(12)10(14-7-8)13-2-4-15-3-1-5-18(15,16)17/h6-7H,1-5H2,(H,13,14). The number of nitrogens with one attached hydrogen (secondary N) is 1. The molecule has 2 rings (SSSR count). The van der Waals surface area contributed by atoms with Crippen LogP contribution in [-0.2, 0) is 10.0 Å². The summed E-state index contributed by atoms with van der Waals surface area (Å²) in [6, 6.07) is 1.59. The third-order valence-electron chi connectivity index (χ3n) is 2.66. The van der Waals surface area contributed by atoms with Crippen molar-refractivity contribution in [3.63, 3.8) is 0 Å². The van der Waals surface area contributed by atoms with Crippen molar-refractivity contribution >= 4 is 39.0 Å². The summed E-state index contributed by atoms with van der Waals surface area (Å²) in [5, 5.41) is 3.89. The van der Waals surface area contributed by atoms with Crippen LogP contribution in [0.4, 0.5) is 5.82 Å². The highest BCUT2D eigenvalue weighted by Crippen LogP contribution is 2.22. The van der Waals surface area contributed by atoms with Crippen LogP contribution in [0.15, 0.2) is 12.3 Å². The first kappa shape index (κ1) is 13.9. The Labute approximate surface area is 116 Å². The minimum absolute atomic E-state index is 0.243. The van der Waals surface area contributed by atoms with Gasteiger partial charge in [0.2, 0.25) is 10.0 Å². The molecular formula is C10H13Cl2N3O2S. The lowest BCUT2D eigenvalue weighted by molar-refractivity contribution is 0.456. The Hall–Kier alpha value is -0.560. The third kappa shape index (κ3) is 3.26. The number of hydrogen-bond donors (Lipinski definition) is 1. The van der Waals surface area contributed by atoms with E-state index in [9.17, 15) is 8.42 Å². The van der Waals surface area contributed by atoms with Crippen molar-refractivity contribution < 1.29 is 8.42 Å². The predicted molar refractivity (Wildman–Crippen MR) is 72.7 cm³/mol. The Kier molecular flexibility index (Phi) is 4.32. The maximum Gasteiger partial charge on any atom is 0.214 e. The molecule has 1 aliphatic heterocycles. The number of anilines is 1. The summed E-state index contributed by atoms with van der Waals surface area (Å²) in [5.74, 6) is 0.755. The number of hydrogen-bond acceptors (Lipinski definition) is 4. The van der Waals surface area contributed by atoms with Crippen LogP contribution >= 0.6 is 23.2 Å². The molecule has 0 unspecified atom stereocenters. The van der Waals surface area contributed by atoms with Crippen LogP contribution in [0.25, 0.3) is 0 Å². The van der Waals surface area contributed by atoms with E-state index in [2.05, 4.69) is 10.3 Å². The molecule has 0 aromatic carbocycles. The van der Waals surface area contributed by atoms with E-state index in [1.807, 2.05) is 0 Å². The molecule has 1 saturated heterocycles. The molecule has 5 nitrogen and oxygen atoms in total. The van der Waals surface area contributed by atoms with E-state index in [0.717, 1.165) is 0 Å². The second-order valence-electron chi connectivity index (χ2n) is 3.98. The van der Waals surface area contributed by atoms with Crippen LogP contribution in [0.1, 0.15) is 6.42 Å². The van der Waals surface area contributed by atoms with E-state index in [0.29, 0.717) is 41.9 Å². The lowest BCUT2D eigenvalue weighted by Gasteiger charge is -2.15. The number of rotatable bonds is 4. The summed E-state index contributed by atoms with van der Waals surface area (Å²) in [6.07, 6.45) is 2.19. The highest BCUT2D eigenvalue weighted by atomic mass is 35.5. The van der Waals surface area contributed by atoms with Gasteiger partial charge in [0.1, 0.15) is 5.82 Å². The highest BCUT2D eigenvalue weighted by Gasteiger charge is 2.27. The second-order valence-corrected chi connectivity index (χ2v) is 6.91. The van der Waals surface area contributed by atoms with E-state index >= 15 is 0 Å². The van der Waals surface area contributed by atoms with Gasteiger partial charge in [0.15, 0.2) is 0 Å². The third-order valence-corrected chi connectivity index (χ3v) is 5.12. The molecule has 0 atom stereocenters. The fraction of sp³-hybridized carbons (Fsp3) is 0.500. The molecule has 0 aliphatic carbocycles. The van der Waals surface area contributed by atoms with Gasteiger partial charge in [0.25, 0.3) is 0 Å². The van der Waals surface area contributed by atoms with Gasteiger partial charge in [-0.2, -0.15) is 0 Å². The van der Waals surface area contributed by atoms with E-state index in [1.165, 1.54) is 10.5 Å². The number of nitrogens with zero attached hydrogens (tertiary/aromatic N) is 2. The van der Waals surface area contributed by atoms with Crippen LogP contribution in [-0.4, -0.2) is 43.1 Å². The van der Waals surface area contributed by atoms with E-state index < -0.39 is 10.0 Å². The van der Waals surface area contributed by atoms with Gasteiger partial charge < -0.3 is 5.32 Å². The molecule has 1 N–H and O–H groups in total. The van der Waals surface area contributed by atoms with Crippen LogP contribution in [0.2, 0.25) is 10.0 Å². The average molecular weight is 310 g/mol. The summed E-state index contributed by atoms with van der Waals surface area (Å²) in [6.45, 7) is 1.47. The highest BCUT2D eigenvalue weighted by molar-refractivity contribution is 7.89.